The van der Waals surface area contributed by atoms with Gasteiger partial charge < -0.3 is 0 Å². The van der Waals surface area contributed by atoms with E-state index in [0.717, 1.165) is 38.5 Å². The minimum absolute atomic E-state index is 0.569. The average Bonchev–Trinajstić information content (AvgIpc) is 3.17. The van der Waals surface area contributed by atoms with E-state index in [1.165, 1.54) is 99.3 Å². The summed E-state index contributed by atoms with van der Waals surface area (Å²) in [6.07, 6.45) is 22.6. The molecule has 0 heterocycles. The zero-order valence-corrected chi connectivity index (χ0v) is 29.3. The van der Waals surface area contributed by atoms with E-state index in [0.29, 0.717) is 5.92 Å². The predicted molar refractivity (Wildman–Crippen MR) is 217 cm³/mol. The highest BCUT2D eigenvalue weighted by Gasteiger charge is 2.23. The van der Waals surface area contributed by atoms with Crippen LogP contribution in [0.1, 0.15) is 64.4 Å². The van der Waals surface area contributed by atoms with Gasteiger partial charge in [0.25, 0.3) is 0 Å². The van der Waals surface area contributed by atoms with Gasteiger partial charge in [0.05, 0.1) is 0 Å². The minimum Gasteiger partial charge on any atom is -0.0842 e. The zero-order valence-electron chi connectivity index (χ0n) is 29.3. The SMILES string of the molecule is CCC1=CC(C)CC=C1/C(=C1/C=CCCC1)c1cc(-c2c3c(cc4ccccc24)=CCCC=3)cc(-c2c3ccccc3cc3ccccc23)c1. The Kier molecular flexibility index (Phi) is 7.97. The van der Waals surface area contributed by atoms with Crippen LogP contribution in [0.3, 0.4) is 0 Å². The van der Waals surface area contributed by atoms with Crippen LogP contribution in [0.15, 0.2) is 144 Å². The summed E-state index contributed by atoms with van der Waals surface area (Å²) in [5.41, 5.74) is 12.4. The first-order valence-electron chi connectivity index (χ1n) is 18.8. The second kappa shape index (κ2) is 12.9. The molecule has 9 rings (SSSR count). The summed E-state index contributed by atoms with van der Waals surface area (Å²) in [6.45, 7) is 4.69. The third-order valence-electron chi connectivity index (χ3n) is 11.2. The van der Waals surface area contributed by atoms with Gasteiger partial charge in [-0.05, 0) is 174 Å². The largest absolute Gasteiger partial charge is 0.0842 e. The Morgan fingerprint density at radius 3 is 1.98 bits per heavy atom. The van der Waals surface area contributed by atoms with Crippen molar-refractivity contribution in [3.05, 3.63) is 160 Å². The quantitative estimate of drug-likeness (QED) is 0.164. The van der Waals surface area contributed by atoms with E-state index < -0.39 is 0 Å². The molecule has 0 aromatic heterocycles. The minimum atomic E-state index is 0.569. The molecular weight excluding hydrogens is 601 g/mol. The molecule has 0 N–H and O–H groups in total. The summed E-state index contributed by atoms with van der Waals surface area (Å²) < 4.78 is 0. The van der Waals surface area contributed by atoms with Gasteiger partial charge in [-0.2, -0.15) is 0 Å². The molecule has 1 unspecified atom stereocenters. The normalized spacial score (nSPS) is 18.3. The highest BCUT2D eigenvalue weighted by Crippen LogP contribution is 2.44. The first-order chi connectivity index (χ1) is 24.7. The molecule has 0 radical (unpaired) electrons. The van der Waals surface area contributed by atoms with Crippen LogP contribution in [-0.4, -0.2) is 0 Å². The molecule has 244 valence electrons. The third-order valence-corrected chi connectivity index (χ3v) is 11.2. The molecule has 3 aliphatic rings. The molecule has 0 fully saturated rings. The Labute approximate surface area is 296 Å². The fraction of sp³-hybridized carbons (Fsp3) is 0.200. The van der Waals surface area contributed by atoms with Crippen molar-refractivity contribution >= 4 is 50.0 Å². The van der Waals surface area contributed by atoms with E-state index in [-0.39, 0.29) is 0 Å². The highest BCUT2D eigenvalue weighted by molar-refractivity contribution is 6.13. The Bertz CT molecular complexity index is 2530. The van der Waals surface area contributed by atoms with Crippen LogP contribution in [-0.2, 0) is 0 Å². The van der Waals surface area contributed by atoms with Gasteiger partial charge in [-0.25, -0.2) is 0 Å². The lowest BCUT2D eigenvalue weighted by molar-refractivity contribution is 0.719. The average molecular weight is 645 g/mol. The molecule has 6 aromatic rings. The summed E-state index contributed by atoms with van der Waals surface area (Å²) >= 11 is 0. The van der Waals surface area contributed by atoms with Crippen molar-refractivity contribution in [2.75, 3.05) is 0 Å². The number of rotatable bonds is 5. The maximum atomic E-state index is 2.55. The topological polar surface area (TPSA) is 0 Å². The van der Waals surface area contributed by atoms with Crippen molar-refractivity contribution in [2.45, 2.75) is 58.8 Å². The van der Waals surface area contributed by atoms with E-state index >= 15 is 0 Å². The number of allylic oxidation sites excluding steroid dienone is 8. The van der Waals surface area contributed by atoms with Crippen molar-refractivity contribution in [1.82, 2.24) is 0 Å². The van der Waals surface area contributed by atoms with Crippen molar-refractivity contribution in [1.29, 1.82) is 0 Å². The van der Waals surface area contributed by atoms with Crippen LogP contribution in [0.2, 0.25) is 0 Å². The predicted octanol–water partition coefficient (Wildman–Crippen LogP) is 12.6. The molecule has 0 saturated heterocycles. The second-order valence-corrected chi connectivity index (χ2v) is 14.5. The van der Waals surface area contributed by atoms with Gasteiger partial charge in [-0.1, -0.05) is 123 Å². The molecule has 0 heteroatoms. The standard InChI is InChI=1S/C50H44/c1-3-34-27-33(2)25-26-47(34)48(35-15-5-4-6-16-35)40-30-41(49-43-21-11-7-17-36(43)28-37-18-8-12-22-44(37)49)32-42(31-40)50-45-23-13-9-19-38(45)29-39-20-10-14-24-46(39)50/h5,7-9,11-13,15,17-24,26-33H,3-4,6,10,14,16,25H2,1-2H3/b48-35-. The first-order valence-corrected chi connectivity index (χ1v) is 18.8. The summed E-state index contributed by atoms with van der Waals surface area (Å²) in [5.74, 6) is 0.569. The highest BCUT2D eigenvalue weighted by atomic mass is 14.3. The fourth-order valence-corrected chi connectivity index (χ4v) is 8.89. The summed E-state index contributed by atoms with van der Waals surface area (Å²) in [5, 5.41) is 10.6. The molecule has 0 amide bonds. The first kappa shape index (κ1) is 30.8. The maximum absolute atomic E-state index is 2.55. The van der Waals surface area contributed by atoms with Crippen LogP contribution in [0, 0.1) is 5.92 Å². The van der Waals surface area contributed by atoms with Gasteiger partial charge >= 0.3 is 0 Å². The summed E-state index contributed by atoms with van der Waals surface area (Å²) in [7, 11) is 0. The van der Waals surface area contributed by atoms with Gasteiger partial charge in [-0.15, -0.1) is 0 Å². The summed E-state index contributed by atoms with van der Waals surface area (Å²) in [6, 6.07) is 39.3. The number of fused-ring (bicyclic) bond motifs is 4. The van der Waals surface area contributed by atoms with E-state index in [1.807, 2.05) is 0 Å². The van der Waals surface area contributed by atoms with Crippen LogP contribution in [0.4, 0.5) is 0 Å². The summed E-state index contributed by atoms with van der Waals surface area (Å²) in [4.78, 5) is 0. The van der Waals surface area contributed by atoms with E-state index in [9.17, 15) is 0 Å². The number of hydrogen-bond acceptors (Lipinski definition) is 0. The molecule has 6 aromatic carbocycles. The third kappa shape index (κ3) is 5.39. The molecule has 1 atom stereocenters. The molecule has 0 aliphatic heterocycles. The molecule has 0 saturated carbocycles. The Morgan fingerprint density at radius 1 is 0.660 bits per heavy atom. The Morgan fingerprint density at radius 2 is 1.30 bits per heavy atom. The molecule has 0 spiro atoms. The molecule has 3 aliphatic carbocycles. The van der Waals surface area contributed by atoms with Crippen LogP contribution in [0.5, 0.6) is 0 Å². The second-order valence-electron chi connectivity index (χ2n) is 14.5. The van der Waals surface area contributed by atoms with Crippen molar-refractivity contribution < 1.29 is 0 Å². The Hall–Kier alpha value is -5.20. The lowest BCUT2D eigenvalue weighted by atomic mass is 9.78. The van der Waals surface area contributed by atoms with Crippen LogP contribution >= 0.6 is 0 Å². The van der Waals surface area contributed by atoms with Gasteiger partial charge in [0.15, 0.2) is 0 Å². The van der Waals surface area contributed by atoms with E-state index in [4.69, 9.17) is 0 Å². The monoisotopic (exact) mass is 644 g/mol. The zero-order chi connectivity index (χ0) is 33.6. The van der Waals surface area contributed by atoms with Gasteiger partial charge in [0.2, 0.25) is 0 Å². The molecule has 50 heavy (non-hydrogen) atoms. The fourth-order valence-electron chi connectivity index (χ4n) is 8.89. The Balaban J connectivity index is 1.43. The number of hydrogen-bond donors (Lipinski definition) is 0. The number of benzene rings is 6. The van der Waals surface area contributed by atoms with Crippen molar-refractivity contribution in [2.24, 2.45) is 5.92 Å². The van der Waals surface area contributed by atoms with E-state index in [1.54, 1.807) is 0 Å². The van der Waals surface area contributed by atoms with E-state index in [2.05, 4.69) is 153 Å². The molecular formula is C50H44. The van der Waals surface area contributed by atoms with Gasteiger partial charge in [0, 0.05) is 0 Å². The van der Waals surface area contributed by atoms with Crippen LogP contribution < -0.4 is 10.4 Å². The van der Waals surface area contributed by atoms with Crippen molar-refractivity contribution in [3.8, 4) is 22.3 Å². The van der Waals surface area contributed by atoms with Crippen LogP contribution in [0.25, 0.3) is 72.3 Å². The van der Waals surface area contributed by atoms with Gasteiger partial charge in [0.1, 0.15) is 0 Å². The molecule has 0 nitrogen and oxygen atoms in total. The lowest BCUT2D eigenvalue weighted by Crippen LogP contribution is -2.29. The van der Waals surface area contributed by atoms with Crippen molar-refractivity contribution in [3.63, 3.8) is 0 Å². The maximum Gasteiger partial charge on any atom is -0.00264 e. The smallest absolute Gasteiger partial charge is 0.00264 e. The van der Waals surface area contributed by atoms with Gasteiger partial charge in [-0.3, -0.25) is 0 Å². The molecule has 0 bridgehead atoms. The lowest BCUT2D eigenvalue weighted by Gasteiger charge is -2.26.